The van der Waals surface area contributed by atoms with Crippen LogP contribution in [0.3, 0.4) is 0 Å². The van der Waals surface area contributed by atoms with Gasteiger partial charge in [0.1, 0.15) is 5.60 Å². The Balaban J connectivity index is 1.72. The SMILES string of the molecule is CC(C)(C)OC(=O)N1CCN(C(=O)c2c(=O)o[nH][n+]2-c2ccccc2)CC1. The molecule has 2 aromatic rings. The van der Waals surface area contributed by atoms with Crippen molar-refractivity contribution in [2.24, 2.45) is 0 Å². The number of carbonyl (C=O) groups is 2. The number of carbonyl (C=O) groups excluding carboxylic acids is 2. The summed E-state index contributed by atoms with van der Waals surface area (Å²) >= 11 is 0. The van der Waals surface area contributed by atoms with E-state index in [1.807, 2.05) is 6.07 Å². The lowest BCUT2D eigenvalue weighted by atomic mass is 10.2. The highest BCUT2D eigenvalue weighted by molar-refractivity contribution is 5.90. The summed E-state index contributed by atoms with van der Waals surface area (Å²) in [5.74, 6) is -0.447. The molecule has 1 aliphatic rings. The van der Waals surface area contributed by atoms with Crippen LogP contribution in [0.15, 0.2) is 39.6 Å². The van der Waals surface area contributed by atoms with E-state index in [9.17, 15) is 14.4 Å². The maximum atomic E-state index is 12.9. The summed E-state index contributed by atoms with van der Waals surface area (Å²) in [5.41, 5.74) is -0.806. The van der Waals surface area contributed by atoms with Gasteiger partial charge in [-0.15, -0.1) is 0 Å². The standard InChI is InChI=1S/C18H22N4O5/c1-18(2,3)26-17(25)21-11-9-20(10-12-21)15(23)14-16(24)27-19-22(14)13-7-5-4-6-8-13/h4-8H,9-12H2,1-3H3/p+1. The lowest BCUT2D eigenvalue weighted by molar-refractivity contribution is -0.672. The van der Waals surface area contributed by atoms with E-state index in [4.69, 9.17) is 9.26 Å². The number of nitrogens with zero attached hydrogens (tertiary/aromatic N) is 3. The van der Waals surface area contributed by atoms with Gasteiger partial charge < -0.3 is 14.5 Å². The van der Waals surface area contributed by atoms with Gasteiger partial charge in [0.2, 0.25) is 5.69 Å². The highest BCUT2D eigenvalue weighted by Crippen LogP contribution is 2.12. The largest absolute Gasteiger partial charge is 0.444 e. The first kappa shape index (κ1) is 18.7. The number of nitrogens with one attached hydrogen (secondary N) is 1. The molecule has 2 heterocycles. The van der Waals surface area contributed by atoms with E-state index in [0.717, 1.165) is 0 Å². The van der Waals surface area contributed by atoms with Gasteiger partial charge in [0.05, 0.1) is 0 Å². The number of H-pyrrole nitrogens is 1. The second-order valence-electron chi connectivity index (χ2n) is 7.26. The molecule has 1 aromatic heterocycles. The smallest absolute Gasteiger partial charge is 0.441 e. The molecule has 1 N–H and O–H groups in total. The van der Waals surface area contributed by atoms with Crippen molar-refractivity contribution in [3.05, 3.63) is 46.4 Å². The average molecular weight is 375 g/mol. The zero-order chi connectivity index (χ0) is 19.6. The normalized spacial score (nSPS) is 14.9. The second-order valence-corrected chi connectivity index (χ2v) is 7.26. The Hall–Kier alpha value is -3.10. The molecule has 0 unspecified atom stereocenters. The summed E-state index contributed by atoms with van der Waals surface area (Å²) in [6.07, 6.45) is -0.407. The third-order valence-electron chi connectivity index (χ3n) is 4.08. The van der Waals surface area contributed by atoms with Crippen molar-refractivity contribution in [3.63, 3.8) is 0 Å². The zero-order valence-corrected chi connectivity index (χ0v) is 15.6. The summed E-state index contributed by atoms with van der Waals surface area (Å²) in [7, 11) is 0. The van der Waals surface area contributed by atoms with E-state index in [1.54, 1.807) is 49.9 Å². The topological polar surface area (TPSA) is 99.7 Å². The van der Waals surface area contributed by atoms with Gasteiger partial charge in [0.15, 0.2) is 0 Å². The van der Waals surface area contributed by atoms with Crippen LogP contribution in [-0.4, -0.2) is 58.9 Å². The monoisotopic (exact) mass is 375 g/mol. The summed E-state index contributed by atoms with van der Waals surface area (Å²) < 4.78 is 11.5. The molecule has 1 saturated heterocycles. The Kier molecular flexibility index (Phi) is 5.02. The molecule has 0 aliphatic carbocycles. The molecular formula is C18H23N4O5+. The van der Waals surface area contributed by atoms with E-state index in [1.165, 1.54) is 9.58 Å². The van der Waals surface area contributed by atoms with Crippen molar-refractivity contribution in [1.82, 2.24) is 15.1 Å². The van der Waals surface area contributed by atoms with Crippen LogP contribution >= 0.6 is 0 Å². The van der Waals surface area contributed by atoms with Crippen molar-refractivity contribution in [3.8, 4) is 5.69 Å². The average Bonchev–Trinajstić information content (AvgIpc) is 3.02. The fraction of sp³-hybridized carbons (Fsp3) is 0.444. The first-order chi connectivity index (χ1) is 12.8. The van der Waals surface area contributed by atoms with Crippen LogP contribution in [0.25, 0.3) is 5.69 Å². The van der Waals surface area contributed by atoms with Crippen molar-refractivity contribution in [2.75, 3.05) is 26.2 Å². The first-order valence-corrected chi connectivity index (χ1v) is 8.72. The Bertz CT molecular complexity index is 873. The zero-order valence-electron chi connectivity index (χ0n) is 15.6. The van der Waals surface area contributed by atoms with Gasteiger partial charge in [-0.1, -0.05) is 18.2 Å². The fourth-order valence-electron chi connectivity index (χ4n) is 2.78. The quantitative estimate of drug-likeness (QED) is 0.788. The van der Waals surface area contributed by atoms with Crippen LogP contribution in [0.1, 0.15) is 31.3 Å². The number of para-hydroxylation sites is 1. The van der Waals surface area contributed by atoms with Gasteiger partial charge in [0.25, 0.3) is 0 Å². The third kappa shape index (κ3) is 4.18. The molecule has 0 bridgehead atoms. The number of amides is 2. The Labute approximate surface area is 156 Å². The van der Waals surface area contributed by atoms with Crippen molar-refractivity contribution in [2.45, 2.75) is 26.4 Å². The number of hydrogen-bond acceptors (Lipinski definition) is 5. The minimum Gasteiger partial charge on any atom is -0.444 e. The Morgan fingerprint density at radius 2 is 1.67 bits per heavy atom. The fourth-order valence-corrected chi connectivity index (χ4v) is 2.78. The van der Waals surface area contributed by atoms with E-state index in [-0.39, 0.29) is 5.69 Å². The molecule has 2 amide bonds. The Morgan fingerprint density at radius 3 is 2.26 bits per heavy atom. The van der Waals surface area contributed by atoms with Crippen LogP contribution in [0.2, 0.25) is 0 Å². The lowest BCUT2D eigenvalue weighted by Crippen LogP contribution is -2.54. The number of ether oxygens (including phenoxy) is 1. The number of benzene rings is 1. The molecule has 9 nitrogen and oxygen atoms in total. The molecule has 0 spiro atoms. The minimum atomic E-state index is -0.738. The van der Waals surface area contributed by atoms with Crippen LogP contribution in [0, 0.1) is 0 Å². The summed E-state index contributed by atoms with van der Waals surface area (Å²) in [4.78, 5) is 40.2. The molecule has 27 heavy (non-hydrogen) atoms. The molecule has 0 radical (unpaired) electrons. The molecular weight excluding hydrogens is 352 g/mol. The van der Waals surface area contributed by atoms with E-state index < -0.39 is 23.2 Å². The van der Waals surface area contributed by atoms with Crippen molar-refractivity contribution < 1.29 is 23.5 Å². The summed E-state index contributed by atoms with van der Waals surface area (Å²) in [6, 6.07) is 8.92. The van der Waals surface area contributed by atoms with Gasteiger partial charge in [-0.25, -0.2) is 9.59 Å². The van der Waals surface area contributed by atoms with Crippen molar-refractivity contribution >= 4 is 12.0 Å². The number of piperazine rings is 1. The lowest BCUT2D eigenvalue weighted by Gasteiger charge is -2.34. The number of aromatic amines is 1. The maximum absolute atomic E-state index is 12.9. The molecule has 144 valence electrons. The molecule has 0 saturated carbocycles. The first-order valence-electron chi connectivity index (χ1n) is 8.72. The molecule has 1 aromatic carbocycles. The van der Waals surface area contributed by atoms with Gasteiger partial charge in [-0.2, -0.15) is 0 Å². The van der Waals surface area contributed by atoms with Gasteiger partial charge in [-0.3, -0.25) is 9.32 Å². The molecule has 1 fully saturated rings. The van der Waals surface area contributed by atoms with Crippen LogP contribution in [-0.2, 0) is 4.74 Å². The molecule has 1 aliphatic heterocycles. The van der Waals surface area contributed by atoms with Gasteiger partial charge in [0, 0.05) is 38.3 Å². The molecule has 0 atom stereocenters. The predicted molar refractivity (Wildman–Crippen MR) is 94.6 cm³/mol. The number of aromatic nitrogens is 2. The highest BCUT2D eigenvalue weighted by Gasteiger charge is 2.36. The van der Waals surface area contributed by atoms with E-state index in [2.05, 4.69) is 5.27 Å². The summed E-state index contributed by atoms with van der Waals surface area (Å²) in [5, 5.41) is 2.46. The van der Waals surface area contributed by atoms with Crippen LogP contribution < -0.4 is 10.3 Å². The molecule has 3 rings (SSSR count). The summed E-state index contributed by atoms with van der Waals surface area (Å²) in [6.45, 7) is 6.69. The number of rotatable bonds is 2. The Morgan fingerprint density at radius 1 is 1.07 bits per heavy atom. The number of hydrogen-bond donors (Lipinski definition) is 1. The van der Waals surface area contributed by atoms with E-state index in [0.29, 0.717) is 31.9 Å². The molecule has 9 heteroatoms. The predicted octanol–water partition coefficient (Wildman–Crippen LogP) is 0.937. The van der Waals surface area contributed by atoms with E-state index >= 15 is 0 Å². The second kappa shape index (κ2) is 7.26. The van der Waals surface area contributed by atoms with Crippen molar-refractivity contribution in [1.29, 1.82) is 0 Å². The third-order valence-corrected chi connectivity index (χ3v) is 4.08. The maximum Gasteiger partial charge on any atom is 0.441 e. The van der Waals surface area contributed by atoms with Gasteiger partial charge >= 0.3 is 23.3 Å². The van der Waals surface area contributed by atoms with Crippen LogP contribution in [0.5, 0.6) is 0 Å². The van der Waals surface area contributed by atoms with Gasteiger partial charge in [-0.05, 0) is 30.7 Å². The van der Waals surface area contributed by atoms with Crippen LogP contribution in [0.4, 0.5) is 4.79 Å². The highest BCUT2D eigenvalue weighted by atomic mass is 16.6. The minimum absolute atomic E-state index is 0.105.